The number of hydrogen-bond acceptors (Lipinski definition) is 6. The number of nitrogens with two attached hydrogens (primary N) is 1. The highest BCUT2D eigenvalue weighted by atomic mass is 16.2. The summed E-state index contributed by atoms with van der Waals surface area (Å²) in [5.74, 6) is -2.72. The standard InChI is InChI=1S/C42H50N8O5/c1-2-3-19-34(40(53)49-35(39(43)52)23-30-25-45-33-20-11-10-18-32(30)33)48-41(54)36(22-29-15-8-5-9-16-29)50-42(55)37(24-31-26-44-27-46-31)47-38(51)21-12-17-28-13-6-4-7-14-28/h4-11,13-16,18,20,25-27,34-37,45H,2-3,12,17,19,21-24H2,1H3,(H2,43,52)(H,44,46)(H,47,51)(H,48,54)(H,49,53)(H,50,55)/t34-,35-,36+,37-/m0/s1. The number of aromatic amines is 2. The SMILES string of the molecule is CCCC[C@H](NC(=O)[C@@H](Cc1ccccc1)NC(=O)[C@H](Cc1cnc[nH]1)NC(=O)CCCc1ccccc1)C(=O)N[C@@H](Cc1c[nH]c2ccccc12)C(N)=O. The Balaban J connectivity index is 1.30. The third-order valence-electron chi connectivity index (χ3n) is 9.50. The minimum Gasteiger partial charge on any atom is -0.368 e. The summed E-state index contributed by atoms with van der Waals surface area (Å²) in [5.41, 5.74) is 9.99. The van der Waals surface area contributed by atoms with Gasteiger partial charge in [0.1, 0.15) is 24.2 Å². The lowest BCUT2D eigenvalue weighted by molar-refractivity contribution is -0.134. The van der Waals surface area contributed by atoms with Crippen molar-refractivity contribution in [1.29, 1.82) is 0 Å². The molecule has 8 N–H and O–H groups in total. The molecule has 0 spiro atoms. The second-order valence-electron chi connectivity index (χ2n) is 13.7. The molecule has 5 amide bonds. The quantitative estimate of drug-likeness (QED) is 0.0598. The van der Waals surface area contributed by atoms with E-state index in [2.05, 4.69) is 36.2 Å². The fourth-order valence-electron chi connectivity index (χ4n) is 6.49. The van der Waals surface area contributed by atoms with Gasteiger partial charge in [0, 0.05) is 54.7 Å². The van der Waals surface area contributed by atoms with E-state index in [9.17, 15) is 24.0 Å². The van der Waals surface area contributed by atoms with Crippen LogP contribution in [0.2, 0.25) is 0 Å². The molecule has 3 aromatic carbocycles. The Morgan fingerprint density at radius 1 is 0.673 bits per heavy atom. The molecule has 0 radical (unpaired) electrons. The van der Waals surface area contributed by atoms with Gasteiger partial charge in [-0.25, -0.2) is 4.98 Å². The monoisotopic (exact) mass is 746 g/mol. The predicted octanol–water partition coefficient (Wildman–Crippen LogP) is 3.56. The van der Waals surface area contributed by atoms with Gasteiger partial charge in [0.05, 0.1) is 6.33 Å². The number of carbonyl (C=O) groups is 5. The van der Waals surface area contributed by atoms with Gasteiger partial charge in [-0.1, -0.05) is 98.6 Å². The number of para-hydroxylation sites is 1. The second-order valence-corrected chi connectivity index (χ2v) is 13.7. The van der Waals surface area contributed by atoms with Gasteiger partial charge in [0.25, 0.3) is 0 Å². The van der Waals surface area contributed by atoms with Gasteiger partial charge < -0.3 is 37.0 Å². The van der Waals surface area contributed by atoms with Crippen LogP contribution in [0.1, 0.15) is 61.4 Å². The minimum atomic E-state index is -1.11. The van der Waals surface area contributed by atoms with Crippen molar-refractivity contribution in [2.24, 2.45) is 5.73 Å². The third kappa shape index (κ3) is 12.1. The Morgan fingerprint density at radius 2 is 1.29 bits per heavy atom. The van der Waals surface area contributed by atoms with Crippen LogP contribution in [0.25, 0.3) is 10.9 Å². The summed E-state index contributed by atoms with van der Waals surface area (Å²) in [4.78, 5) is 77.8. The number of fused-ring (bicyclic) bond motifs is 1. The number of benzene rings is 3. The highest BCUT2D eigenvalue weighted by Crippen LogP contribution is 2.19. The van der Waals surface area contributed by atoms with Crippen molar-refractivity contribution in [1.82, 2.24) is 36.2 Å². The summed E-state index contributed by atoms with van der Waals surface area (Å²) in [6, 6.07) is 22.5. The van der Waals surface area contributed by atoms with E-state index in [0.717, 1.165) is 34.0 Å². The van der Waals surface area contributed by atoms with Gasteiger partial charge in [-0.15, -0.1) is 0 Å². The van der Waals surface area contributed by atoms with E-state index in [1.54, 1.807) is 12.4 Å². The van der Waals surface area contributed by atoms with Gasteiger partial charge in [-0.3, -0.25) is 24.0 Å². The van der Waals surface area contributed by atoms with Crippen LogP contribution in [0.15, 0.2) is 104 Å². The summed E-state index contributed by atoms with van der Waals surface area (Å²) < 4.78 is 0. The molecule has 0 fully saturated rings. The second kappa shape index (κ2) is 20.3. The molecule has 55 heavy (non-hydrogen) atoms. The molecule has 5 aromatic rings. The van der Waals surface area contributed by atoms with Crippen molar-refractivity contribution < 1.29 is 24.0 Å². The Labute approximate surface area is 320 Å². The van der Waals surface area contributed by atoms with Crippen molar-refractivity contribution in [3.63, 3.8) is 0 Å². The van der Waals surface area contributed by atoms with Crippen LogP contribution in [0.3, 0.4) is 0 Å². The molecule has 0 saturated heterocycles. The number of aromatic nitrogens is 3. The Hall–Kier alpha value is -6.24. The lowest BCUT2D eigenvalue weighted by Gasteiger charge is -2.26. The molecular weight excluding hydrogens is 697 g/mol. The molecule has 5 rings (SSSR count). The summed E-state index contributed by atoms with van der Waals surface area (Å²) in [7, 11) is 0. The van der Waals surface area contributed by atoms with Crippen LogP contribution in [0.4, 0.5) is 0 Å². The van der Waals surface area contributed by atoms with Crippen molar-refractivity contribution in [3.05, 3.63) is 126 Å². The first-order valence-electron chi connectivity index (χ1n) is 18.8. The Morgan fingerprint density at radius 3 is 1.96 bits per heavy atom. The number of imidazole rings is 1. The zero-order valence-corrected chi connectivity index (χ0v) is 31.1. The Bertz CT molecular complexity index is 2000. The minimum absolute atomic E-state index is 0.113. The average Bonchev–Trinajstić information content (AvgIpc) is 3.86. The summed E-state index contributed by atoms with van der Waals surface area (Å²) >= 11 is 0. The Kier molecular flexibility index (Phi) is 14.7. The maximum absolute atomic E-state index is 14.1. The van der Waals surface area contributed by atoms with Crippen LogP contribution in [-0.2, 0) is 49.7 Å². The summed E-state index contributed by atoms with van der Waals surface area (Å²) in [6.45, 7) is 1.97. The van der Waals surface area contributed by atoms with E-state index in [1.807, 2.05) is 91.9 Å². The van der Waals surface area contributed by atoms with Gasteiger partial charge in [-0.05, 0) is 42.0 Å². The number of hydrogen-bond donors (Lipinski definition) is 7. The molecule has 2 heterocycles. The van der Waals surface area contributed by atoms with Gasteiger partial charge in [0.2, 0.25) is 29.5 Å². The van der Waals surface area contributed by atoms with Crippen molar-refractivity contribution in [3.8, 4) is 0 Å². The lowest BCUT2D eigenvalue weighted by Crippen LogP contribution is -2.59. The van der Waals surface area contributed by atoms with E-state index in [1.165, 1.54) is 6.33 Å². The maximum atomic E-state index is 14.1. The number of amides is 5. The van der Waals surface area contributed by atoms with Crippen LogP contribution >= 0.6 is 0 Å². The predicted molar refractivity (Wildman–Crippen MR) is 210 cm³/mol. The van der Waals surface area contributed by atoms with E-state index >= 15 is 0 Å². The first-order chi connectivity index (χ1) is 26.7. The number of carbonyl (C=O) groups excluding carboxylic acids is 5. The molecule has 0 aliphatic heterocycles. The molecule has 0 aliphatic rings. The molecule has 288 valence electrons. The van der Waals surface area contributed by atoms with E-state index in [-0.39, 0.29) is 31.6 Å². The highest BCUT2D eigenvalue weighted by molar-refractivity contribution is 5.96. The molecule has 4 atom stereocenters. The van der Waals surface area contributed by atoms with Crippen LogP contribution in [-0.4, -0.2) is 68.7 Å². The number of H-pyrrole nitrogens is 2. The van der Waals surface area contributed by atoms with Gasteiger partial charge >= 0.3 is 0 Å². The number of rotatable bonds is 21. The first-order valence-corrected chi connectivity index (χ1v) is 18.8. The number of primary amides is 1. The molecule has 0 saturated carbocycles. The fraction of sp³-hybridized carbons (Fsp3) is 0.333. The topological polar surface area (TPSA) is 204 Å². The smallest absolute Gasteiger partial charge is 0.243 e. The fourth-order valence-corrected chi connectivity index (χ4v) is 6.49. The van der Waals surface area contributed by atoms with Crippen molar-refractivity contribution in [2.75, 3.05) is 0 Å². The maximum Gasteiger partial charge on any atom is 0.243 e. The number of nitrogens with one attached hydrogen (secondary N) is 6. The van der Waals surface area contributed by atoms with Crippen LogP contribution in [0, 0.1) is 0 Å². The largest absolute Gasteiger partial charge is 0.368 e. The number of unbranched alkanes of at least 4 members (excludes halogenated alkanes) is 1. The van der Waals surface area contributed by atoms with Crippen LogP contribution < -0.4 is 27.0 Å². The zero-order chi connectivity index (χ0) is 39.0. The molecule has 0 aliphatic carbocycles. The summed E-state index contributed by atoms with van der Waals surface area (Å²) in [5, 5.41) is 12.2. The molecule has 0 bridgehead atoms. The van der Waals surface area contributed by atoms with Gasteiger partial charge in [-0.2, -0.15) is 0 Å². The molecule has 0 unspecified atom stereocenters. The van der Waals surface area contributed by atoms with Crippen LogP contribution in [0.5, 0.6) is 0 Å². The molecular formula is C42H50N8O5. The summed E-state index contributed by atoms with van der Waals surface area (Å²) in [6.07, 6.45) is 8.39. The van der Waals surface area contributed by atoms with Gasteiger partial charge in [0.15, 0.2) is 0 Å². The average molecular weight is 747 g/mol. The lowest BCUT2D eigenvalue weighted by atomic mass is 10.0. The number of nitrogens with zero attached hydrogens (tertiary/aromatic N) is 1. The van der Waals surface area contributed by atoms with E-state index < -0.39 is 47.8 Å². The first kappa shape index (κ1) is 40.0. The number of aryl methyl sites for hydroxylation is 1. The molecule has 2 aromatic heterocycles. The third-order valence-corrected chi connectivity index (χ3v) is 9.50. The van der Waals surface area contributed by atoms with Crippen molar-refractivity contribution in [2.45, 2.75) is 88.9 Å². The van der Waals surface area contributed by atoms with E-state index in [4.69, 9.17) is 5.73 Å². The normalized spacial score (nSPS) is 13.3. The zero-order valence-electron chi connectivity index (χ0n) is 31.1. The van der Waals surface area contributed by atoms with Crippen molar-refractivity contribution >= 4 is 40.4 Å². The molecule has 13 heteroatoms. The molecule has 13 nitrogen and oxygen atoms in total. The van der Waals surface area contributed by atoms with E-state index in [0.29, 0.717) is 31.4 Å². The highest BCUT2D eigenvalue weighted by Gasteiger charge is 2.31.